The standard InChI is InChI=1S/C21H37N5O4/c1-15(2)13-25(14-16(3)4)18-10-9-17(26(28)29)19(24-18)22-11-8-12-23-20(27)30-21(5,6)7/h9-10,15-16H,8,11-14H2,1-7H3,(H,22,24)(H,23,27). The molecule has 0 saturated heterocycles. The van der Waals surface area contributed by atoms with Gasteiger partial charge in [0.15, 0.2) is 0 Å². The van der Waals surface area contributed by atoms with E-state index in [0.29, 0.717) is 31.3 Å². The van der Waals surface area contributed by atoms with Crippen molar-refractivity contribution >= 4 is 23.4 Å². The van der Waals surface area contributed by atoms with Gasteiger partial charge in [-0.1, -0.05) is 27.7 Å². The molecule has 0 bridgehead atoms. The minimum atomic E-state index is -0.550. The number of carbonyl (C=O) groups is 1. The van der Waals surface area contributed by atoms with Gasteiger partial charge in [-0.25, -0.2) is 9.78 Å². The molecular formula is C21H37N5O4. The van der Waals surface area contributed by atoms with Crippen LogP contribution < -0.4 is 15.5 Å². The van der Waals surface area contributed by atoms with Crippen LogP contribution in [-0.2, 0) is 4.74 Å². The lowest BCUT2D eigenvalue weighted by Crippen LogP contribution is -2.33. The molecular weight excluding hydrogens is 386 g/mol. The molecule has 0 aliphatic rings. The topological polar surface area (TPSA) is 110 Å². The van der Waals surface area contributed by atoms with Crippen molar-refractivity contribution in [3.8, 4) is 0 Å². The molecule has 1 rings (SSSR count). The molecule has 0 saturated carbocycles. The first-order valence-corrected chi connectivity index (χ1v) is 10.5. The number of amides is 1. The van der Waals surface area contributed by atoms with Gasteiger partial charge >= 0.3 is 11.8 Å². The molecule has 1 amide bonds. The largest absolute Gasteiger partial charge is 0.444 e. The van der Waals surface area contributed by atoms with Crippen LogP contribution in [0.3, 0.4) is 0 Å². The Hall–Kier alpha value is -2.58. The lowest BCUT2D eigenvalue weighted by Gasteiger charge is -2.27. The normalized spacial score (nSPS) is 11.5. The van der Waals surface area contributed by atoms with Gasteiger partial charge < -0.3 is 20.3 Å². The highest BCUT2D eigenvalue weighted by Crippen LogP contribution is 2.26. The molecule has 30 heavy (non-hydrogen) atoms. The number of hydrogen-bond donors (Lipinski definition) is 2. The fourth-order valence-electron chi connectivity index (χ4n) is 2.84. The number of nitro groups is 1. The van der Waals surface area contributed by atoms with E-state index in [1.807, 2.05) is 0 Å². The van der Waals surface area contributed by atoms with Gasteiger partial charge in [-0.05, 0) is 45.1 Å². The van der Waals surface area contributed by atoms with Gasteiger partial charge in [0.25, 0.3) is 0 Å². The van der Waals surface area contributed by atoms with Crippen LogP contribution in [0.5, 0.6) is 0 Å². The third kappa shape index (κ3) is 9.76. The van der Waals surface area contributed by atoms with E-state index in [0.717, 1.165) is 18.9 Å². The zero-order chi connectivity index (χ0) is 22.9. The Kier molecular flexibility index (Phi) is 9.81. The molecule has 0 fully saturated rings. The van der Waals surface area contributed by atoms with Crippen LogP contribution in [0.15, 0.2) is 12.1 Å². The van der Waals surface area contributed by atoms with Crippen molar-refractivity contribution in [2.45, 2.75) is 60.5 Å². The van der Waals surface area contributed by atoms with Gasteiger partial charge in [-0.3, -0.25) is 10.1 Å². The van der Waals surface area contributed by atoms with Crippen molar-refractivity contribution in [3.63, 3.8) is 0 Å². The van der Waals surface area contributed by atoms with Crippen molar-refractivity contribution in [2.75, 3.05) is 36.4 Å². The number of hydrogen-bond acceptors (Lipinski definition) is 7. The number of anilines is 2. The summed E-state index contributed by atoms with van der Waals surface area (Å²) in [6.07, 6.45) is 0.0934. The van der Waals surface area contributed by atoms with Crippen LogP contribution in [0.25, 0.3) is 0 Å². The van der Waals surface area contributed by atoms with Gasteiger partial charge in [0.05, 0.1) is 4.92 Å². The third-order valence-corrected chi connectivity index (χ3v) is 3.87. The number of nitrogens with zero attached hydrogens (tertiary/aromatic N) is 3. The maximum Gasteiger partial charge on any atom is 0.407 e. The van der Waals surface area contributed by atoms with Gasteiger partial charge in [0, 0.05) is 32.2 Å². The van der Waals surface area contributed by atoms with E-state index >= 15 is 0 Å². The minimum absolute atomic E-state index is 0.0621. The highest BCUT2D eigenvalue weighted by molar-refractivity contribution is 5.67. The van der Waals surface area contributed by atoms with Crippen LogP contribution in [0.4, 0.5) is 22.1 Å². The molecule has 0 aliphatic carbocycles. The number of nitrogens with one attached hydrogen (secondary N) is 2. The van der Waals surface area contributed by atoms with Crippen molar-refractivity contribution in [1.82, 2.24) is 10.3 Å². The van der Waals surface area contributed by atoms with E-state index in [-0.39, 0.29) is 11.5 Å². The molecule has 0 aliphatic heterocycles. The molecule has 1 aromatic rings. The fraction of sp³-hybridized carbons (Fsp3) is 0.714. The maximum atomic E-state index is 11.7. The second-order valence-corrected chi connectivity index (χ2v) is 9.20. The Morgan fingerprint density at radius 1 is 1.17 bits per heavy atom. The minimum Gasteiger partial charge on any atom is -0.444 e. The summed E-state index contributed by atoms with van der Waals surface area (Å²) < 4.78 is 5.18. The molecule has 0 unspecified atom stereocenters. The highest BCUT2D eigenvalue weighted by atomic mass is 16.6. The fourth-order valence-corrected chi connectivity index (χ4v) is 2.84. The van der Waals surface area contributed by atoms with Crippen LogP contribution in [-0.4, -0.2) is 47.8 Å². The van der Waals surface area contributed by atoms with Gasteiger partial charge in [-0.2, -0.15) is 0 Å². The zero-order valence-corrected chi connectivity index (χ0v) is 19.3. The van der Waals surface area contributed by atoms with E-state index in [1.54, 1.807) is 26.8 Å². The second kappa shape index (κ2) is 11.6. The van der Waals surface area contributed by atoms with E-state index in [1.165, 1.54) is 6.07 Å². The number of pyridine rings is 1. The lowest BCUT2D eigenvalue weighted by molar-refractivity contribution is -0.384. The van der Waals surface area contributed by atoms with E-state index in [4.69, 9.17) is 4.74 Å². The summed E-state index contributed by atoms with van der Waals surface area (Å²) in [6.45, 7) is 16.4. The van der Waals surface area contributed by atoms with Crippen LogP contribution in [0.1, 0.15) is 54.9 Å². The Morgan fingerprint density at radius 3 is 2.27 bits per heavy atom. The number of ether oxygens (including phenoxy) is 1. The average Bonchev–Trinajstić information content (AvgIpc) is 2.58. The summed E-state index contributed by atoms with van der Waals surface area (Å²) in [5.41, 5.74) is -0.613. The monoisotopic (exact) mass is 423 g/mol. The number of aromatic nitrogens is 1. The first kappa shape index (κ1) is 25.5. The molecule has 0 radical (unpaired) electrons. The van der Waals surface area contributed by atoms with Gasteiger partial charge in [0.2, 0.25) is 5.82 Å². The predicted molar refractivity (Wildman–Crippen MR) is 120 cm³/mol. The summed E-state index contributed by atoms with van der Waals surface area (Å²) in [7, 11) is 0. The van der Waals surface area contributed by atoms with E-state index < -0.39 is 16.6 Å². The van der Waals surface area contributed by atoms with Crippen molar-refractivity contribution in [1.29, 1.82) is 0 Å². The SMILES string of the molecule is CC(C)CN(CC(C)C)c1ccc([N+](=O)[O-])c(NCCCNC(=O)OC(C)(C)C)n1. The Morgan fingerprint density at radius 2 is 1.77 bits per heavy atom. The Bertz CT molecular complexity index is 691. The molecule has 0 spiro atoms. The number of alkyl carbamates (subject to hydrolysis) is 1. The van der Waals surface area contributed by atoms with Gasteiger partial charge in [0.1, 0.15) is 11.4 Å². The maximum absolute atomic E-state index is 11.7. The molecule has 2 N–H and O–H groups in total. The summed E-state index contributed by atoms with van der Waals surface area (Å²) >= 11 is 0. The first-order valence-electron chi connectivity index (χ1n) is 10.5. The summed E-state index contributed by atoms with van der Waals surface area (Å²) in [6, 6.07) is 3.20. The third-order valence-electron chi connectivity index (χ3n) is 3.87. The summed E-state index contributed by atoms with van der Waals surface area (Å²) in [5, 5.41) is 17.1. The lowest BCUT2D eigenvalue weighted by atomic mass is 10.1. The number of rotatable bonds is 11. The average molecular weight is 424 g/mol. The molecule has 0 aromatic carbocycles. The quantitative estimate of drug-likeness (QED) is 0.308. The van der Waals surface area contributed by atoms with Gasteiger partial charge in [-0.15, -0.1) is 0 Å². The van der Waals surface area contributed by atoms with Crippen LogP contribution >= 0.6 is 0 Å². The second-order valence-electron chi connectivity index (χ2n) is 9.20. The molecule has 1 heterocycles. The van der Waals surface area contributed by atoms with Crippen LogP contribution in [0, 0.1) is 22.0 Å². The molecule has 9 heteroatoms. The Balaban J connectivity index is 2.78. The summed E-state index contributed by atoms with van der Waals surface area (Å²) in [4.78, 5) is 29.3. The molecule has 1 aromatic heterocycles. The molecule has 170 valence electrons. The Labute approximate surface area is 179 Å². The zero-order valence-electron chi connectivity index (χ0n) is 19.3. The number of carbonyl (C=O) groups excluding carboxylic acids is 1. The van der Waals surface area contributed by atoms with E-state index in [2.05, 4.69) is 48.2 Å². The first-order chi connectivity index (χ1) is 13.9. The molecule has 0 atom stereocenters. The molecule has 9 nitrogen and oxygen atoms in total. The highest BCUT2D eigenvalue weighted by Gasteiger charge is 2.20. The van der Waals surface area contributed by atoms with Crippen molar-refractivity contribution < 1.29 is 14.5 Å². The predicted octanol–water partition coefficient (Wildman–Crippen LogP) is 4.43. The van der Waals surface area contributed by atoms with E-state index in [9.17, 15) is 14.9 Å². The smallest absolute Gasteiger partial charge is 0.407 e. The summed E-state index contributed by atoms with van der Waals surface area (Å²) in [5.74, 6) is 1.84. The van der Waals surface area contributed by atoms with Crippen molar-refractivity contribution in [2.24, 2.45) is 11.8 Å². The van der Waals surface area contributed by atoms with Crippen molar-refractivity contribution in [3.05, 3.63) is 22.2 Å². The van der Waals surface area contributed by atoms with Crippen LogP contribution in [0.2, 0.25) is 0 Å².